The Labute approximate surface area is 212 Å². The Kier molecular flexibility index (Phi) is 7.30. The number of rotatable bonds is 8. The molecular formula is C24H22F3N5O4S. The topological polar surface area (TPSA) is 135 Å². The van der Waals surface area contributed by atoms with Gasteiger partial charge in [-0.05, 0) is 23.8 Å². The zero-order valence-corrected chi connectivity index (χ0v) is 20.5. The maximum Gasteiger partial charge on any atom is 0.434 e. The number of hydrogen-bond donors (Lipinski definition) is 2. The second-order valence-corrected chi connectivity index (χ2v) is 8.99. The molecule has 1 amide bonds. The molecule has 0 aliphatic carbocycles. The number of hydrogen-bond acceptors (Lipinski definition) is 8. The van der Waals surface area contributed by atoms with E-state index >= 15 is 0 Å². The van der Waals surface area contributed by atoms with Gasteiger partial charge in [0.2, 0.25) is 5.43 Å². The lowest BCUT2D eigenvalue weighted by atomic mass is 9.99. The Morgan fingerprint density at radius 1 is 1.16 bits per heavy atom. The predicted octanol–water partition coefficient (Wildman–Crippen LogP) is 3.72. The van der Waals surface area contributed by atoms with Crippen LogP contribution in [0, 0.1) is 0 Å². The van der Waals surface area contributed by atoms with Crippen molar-refractivity contribution in [2.75, 3.05) is 33.2 Å². The number of methoxy groups -OCH3 is 2. The molecule has 4 aromatic rings. The van der Waals surface area contributed by atoms with E-state index in [0.717, 1.165) is 16.7 Å². The van der Waals surface area contributed by atoms with Crippen LogP contribution in [0.4, 0.5) is 19.0 Å². The van der Waals surface area contributed by atoms with E-state index in [1.165, 1.54) is 38.7 Å². The SMILES string of the molecule is COCC(COC)n1cc(C(N)=O)c(=O)c2cc(-c3cnc(N)cc3-c3nc(C(F)(F)F)cs3)ccc21. The molecule has 0 aliphatic rings. The first kappa shape index (κ1) is 26.3. The van der Waals surface area contributed by atoms with Crippen LogP contribution in [0.2, 0.25) is 0 Å². The third-order valence-electron chi connectivity index (χ3n) is 5.67. The minimum Gasteiger partial charge on any atom is -0.384 e. The van der Waals surface area contributed by atoms with E-state index in [1.54, 1.807) is 16.7 Å². The van der Waals surface area contributed by atoms with E-state index in [4.69, 9.17) is 20.9 Å². The summed E-state index contributed by atoms with van der Waals surface area (Å²) >= 11 is 0.808. The standard InChI is InChI=1S/C24H22F3N5O4S/c1-35-9-13(10-36-2)32-8-17(22(29)34)21(33)15-5-12(3-4-18(15)32)16-7-30-20(28)6-14(16)23-31-19(11-37-23)24(25,26)27/h3-8,11,13H,9-10H2,1-2H3,(H2,28,30)(H2,29,34). The monoisotopic (exact) mass is 533 g/mol. The fourth-order valence-corrected chi connectivity index (χ4v) is 4.86. The highest BCUT2D eigenvalue weighted by molar-refractivity contribution is 7.13. The minimum absolute atomic E-state index is 0.0834. The summed E-state index contributed by atoms with van der Waals surface area (Å²) in [5.41, 5.74) is 11.1. The lowest BCUT2D eigenvalue weighted by molar-refractivity contribution is -0.140. The molecule has 0 aliphatic heterocycles. The summed E-state index contributed by atoms with van der Waals surface area (Å²) in [4.78, 5) is 33.1. The highest BCUT2D eigenvalue weighted by Gasteiger charge is 2.34. The number of carbonyl (C=O) groups is 1. The number of amides is 1. The van der Waals surface area contributed by atoms with E-state index in [1.807, 2.05) is 0 Å². The zero-order valence-electron chi connectivity index (χ0n) is 19.7. The number of alkyl halides is 3. The molecular weight excluding hydrogens is 511 g/mol. The first-order valence-corrected chi connectivity index (χ1v) is 11.7. The number of halogens is 3. The number of fused-ring (bicyclic) bond motifs is 1. The number of nitrogen functional groups attached to an aromatic ring is 1. The van der Waals surface area contributed by atoms with E-state index in [2.05, 4.69) is 9.97 Å². The molecule has 13 heteroatoms. The van der Waals surface area contributed by atoms with Gasteiger partial charge in [0.05, 0.1) is 24.8 Å². The Balaban J connectivity index is 1.95. The number of aromatic nitrogens is 3. The largest absolute Gasteiger partial charge is 0.434 e. The Morgan fingerprint density at radius 2 is 1.86 bits per heavy atom. The number of carbonyl (C=O) groups excluding carboxylic acids is 1. The Bertz CT molecular complexity index is 1530. The summed E-state index contributed by atoms with van der Waals surface area (Å²) < 4.78 is 51.8. The van der Waals surface area contributed by atoms with Crippen LogP contribution in [-0.2, 0) is 15.7 Å². The van der Waals surface area contributed by atoms with Crippen molar-refractivity contribution in [1.82, 2.24) is 14.5 Å². The van der Waals surface area contributed by atoms with E-state index in [9.17, 15) is 22.8 Å². The van der Waals surface area contributed by atoms with Crippen LogP contribution >= 0.6 is 11.3 Å². The molecule has 9 nitrogen and oxygen atoms in total. The summed E-state index contributed by atoms with van der Waals surface area (Å²) in [6, 6.07) is 5.93. The van der Waals surface area contributed by atoms with Crippen LogP contribution < -0.4 is 16.9 Å². The third kappa shape index (κ3) is 5.19. The molecule has 4 rings (SSSR count). The molecule has 4 N–H and O–H groups in total. The highest BCUT2D eigenvalue weighted by atomic mass is 32.1. The summed E-state index contributed by atoms with van der Waals surface area (Å²) in [7, 11) is 3.03. The number of primary amides is 1. The van der Waals surface area contributed by atoms with Gasteiger partial charge in [0.25, 0.3) is 5.91 Å². The number of nitrogens with zero attached hydrogens (tertiary/aromatic N) is 3. The van der Waals surface area contributed by atoms with Gasteiger partial charge in [-0.2, -0.15) is 13.2 Å². The van der Waals surface area contributed by atoms with Crippen LogP contribution in [0.15, 0.2) is 46.8 Å². The number of ether oxygens (including phenoxy) is 2. The molecule has 0 bridgehead atoms. The van der Waals surface area contributed by atoms with Crippen molar-refractivity contribution in [3.63, 3.8) is 0 Å². The maximum atomic E-state index is 13.2. The summed E-state index contributed by atoms with van der Waals surface area (Å²) in [6.45, 7) is 0.451. The molecule has 3 aromatic heterocycles. The van der Waals surface area contributed by atoms with Gasteiger partial charge >= 0.3 is 6.18 Å². The van der Waals surface area contributed by atoms with Crippen LogP contribution in [0.25, 0.3) is 32.6 Å². The zero-order chi connectivity index (χ0) is 26.9. The molecule has 0 atom stereocenters. The Morgan fingerprint density at radius 3 is 2.46 bits per heavy atom. The van der Waals surface area contributed by atoms with Crippen LogP contribution in [0.5, 0.6) is 0 Å². The highest BCUT2D eigenvalue weighted by Crippen LogP contribution is 2.38. The minimum atomic E-state index is -4.60. The number of nitrogens with two attached hydrogens (primary N) is 2. The number of benzene rings is 1. The molecule has 194 valence electrons. The van der Waals surface area contributed by atoms with Gasteiger partial charge in [-0.3, -0.25) is 9.59 Å². The van der Waals surface area contributed by atoms with Crippen molar-refractivity contribution >= 4 is 34.0 Å². The lowest BCUT2D eigenvalue weighted by Gasteiger charge is -2.22. The fourth-order valence-electron chi connectivity index (χ4n) is 4.00. The molecule has 37 heavy (non-hydrogen) atoms. The van der Waals surface area contributed by atoms with Crippen molar-refractivity contribution in [1.29, 1.82) is 0 Å². The number of pyridine rings is 2. The number of anilines is 1. The second-order valence-electron chi connectivity index (χ2n) is 8.13. The van der Waals surface area contributed by atoms with E-state index in [0.29, 0.717) is 22.2 Å². The van der Waals surface area contributed by atoms with Gasteiger partial charge in [0, 0.05) is 48.5 Å². The van der Waals surface area contributed by atoms with Gasteiger partial charge in [-0.25, -0.2) is 9.97 Å². The molecule has 1 aromatic carbocycles. The molecule has 0 fully saturated rings. The van der Waals surface area contributed by atoms with Crippen LogP contribution in [0.1, 0.15) is 22.1 Å². The fraction of sp³-hybridized carbons (Fsp3) is 0.250. The maximum absolute atomic E-state index is 13.2. The molecule has 0 spiro atoms. The second kappa shape index (κ2) is 10.3. The quantitative estimate of drug-likeness (QED) is 0.352. The van der Waals surface area contributed by atoms with Crippen molar-refractivity contribution in [2.24, 2.45) is 5.73 Å². The van der Waals surface area contributed by atoms with Crippen molar-refractivity contribution < 1.29 is 27.4 Å². The lowest BCUT2D eigenvalue weighted by Crippen LogP contribution is -2.28. The molecule has 0 saturated heterocycles. The first-order valence-electron chi connectivity index (χ1n) is 10.8. The summed E-state index contributed by atoms with van der Waals surface area (Å²) in [5, 5.41) is 1.17. The van der Waals surface area contributed by atoms with Crippen LogP contribution in [0.3, 0.4) is 0 Å². The van der Waals surface area contributed by atoms with Gasteiger partial charge in [-0.1, -0.05) is 6.07 Å². The molecule has 0 radical (unpaired) electrons. The molecule has 0 saturated carbocycles. The van der Waals surface area contributed by atoms with Gasteiger partial charge in [0.1, 0.15) is 16.4 Å². The van der Waals surface area contributed by atoms with Crippen molar-refractivity contribution in [3.05, 3.63) is 63.5 Å². The molecule has 3 heterocycles. The average Bonchev–Trinajstić information content (AvgIpc) is 3.35. The van der Waals surface area contributed by atoms with E-state index < -0.39 is 23.2 Å². The smallest absolute Gasteiger partial charge is 0.384 e. The van der Waals surface area contributed by atoms with Gasteiger partial charge < -0.3 is 25.5 Å². The van der Waals surface area contributed by atoms with Crippen molar-refractivity contribution in [3.8, 4) is 21.7 Å². The summed E-state index contributed by atoms with van der Waals surface area (Å²) in [5.74, 6) is -0.819. The van der Waals surface area contributed by atoms with Crippen molar-refractivity contribution in [2.45, 2.75) is 12.2 Å². The first-order chi connectivity index (χ1) is 17.5. The molecule has 0 unspecified atom stereocenters. The number of thiazole rings is 1. The third-order valence-corrected chi connectivity index (χ3v) is 6.55. The van der Waals surface area contributed by atoms with Gasteiger partial charge in [0.15, 0.2) is 5.69 Å². The normalized spacial score (nSPS) is 11.9. The summed E-state index contributed by atoms with van der Waals surface area (Å²) in [6.07, 6.45) is -1.83. The van der Waals surface area contributed by atoms with Gasteiger partial charge in [-0.15, -0.1) is 11.3 Å². The van der Waals surface area contributed by atoms with E-state index in [-0.39, 0.29) is 41.0 Å². The van der Waals surface area contributed by atoms with Crippen LogP contribution in [-0.4, -0.2) is 47.9 Å². The predicted molar refractivity (Wildman–Crippen MR) is 133 cm³/mol. The average molecular weight is 534 g/mol. The Hall–Kier alpha value is -3.81.